The summed E-state index contributed by atoms with van der Waals surface area (Å²) < 4.78 is 40.4. The first-order chi connectivity index (χ1) is 7.85. The lowest BCUT2D eigenvalue weighted by Gasteiger charge is -2.09. The van der Waals surface area contributed by atoms with Crippen molar-refractivity contribution in [3.8, 4) is 0 Å². The molecule has 0 amide bonds. The van der Waals surface area contributed by atoms with Gasteiger partial charge in [-0.15, -0.1) is 0 Å². The summed E-state index contributed by atoms with van der Waals surface area (Å²) in [4.78, 5) is 0.0463. The van der Waals surface area contributed by atoms with Gasteiger partial charge in [0.1, 0.15) is 10.8 Å². The second-order valence-electron chi connectivity index (χ2n) is 3.16. The van der Waals surface area contributed by atoms with E-state index in [4.69, 9.17) is 5.73 Å². The molecule has 0 unspecified atom stereocenters. The second-order valence-corrected chi connectivity index (χ2v) is 5.10. The highest BCUT2D eigenvalue weighted by Crippen LogP contribution is 2.16. The van der Waals surface area contributed by atoms with Crippen LogP contribution in [-0.2, 0) is 10.2 Å². The maximum atomic E-state index is 13.5. The quantitative estimate of drug-likeness (QED) is 0.693. The molecule has 0 atom stereocenters. The summed E-state index contributed by atoms with van der Waals surface area (Å²) in [6.45, 7) is 1.83. The molecule has 94 valence electrons. The molecule has 8 heteroatoms. The molecule has 1 aromatic rings. The summed E-state index contributed by atoms with van der Waals surface area (Å²) in [5.74, 6) is -0.739. The van der Waals surface area contributed by atoms with E-state index in [9.17, 15) is 12.8 Å². The van der Waals surface area contributed by atoms with Crippen LogP contribution in [0.25, 0.3) is 0 Å². The fourth-order valence-electron chi connectivity index (χ4n) is 1.12. The Kier molecular flexibility index (Phi) is 4.38. The van der Waals surface area contributed by atoms with Crippen molar-refractivity contribution in [1.29, 1.82) is 0 Å². The fourth-order valence-corrected chi connectivity index (χ4v) is 2.16. The smallest absolute Gasteiger partial charge is 0.299 e. The van der Waals surface area contributed by atoms with Gasteiger partial charge in [-0.25, -0.2) is 4.39 Å². The van der Waals surface area contributed by atoms with E-state index in [2.05, 4.69) is 21.7 Å². The lowest BCUT2D eigenvalue weighted by Crippen LogP contribution is -2.30. The van der Waals surface area contributed by atoms with Crippen LogP contribution in [0.1, 0.15) is 12.5 Å². The number of hydrogen-bond acceptors (Lipinski definition) is 3. The lowest BCUT2D eigenvalue weighted by molar-refractivity contribution is 0.587. The van der Waals surface area contributed by atoms with Gasteiger partial charge in [0.2, 0.25) is 0 Å². The van der Waals surface area contributed by atoms with Crippen LogP contribution in [0.15, 0.2) is 18.2 Å². The molecular formula is C9H12FN3O2S2. The molecule has 17 heavy (non-hydrogen) atoms. The molecule has 0 aliphatic rings. The van der Waals surface area contributed by atoms with Crippen molar-refractivity contribution < 1.29 is 12.8 Å². The van der Waals surface area contributed by atoms with Crippen LogP contribution in [0.5, 0.6) is 0 Å². The number of nitrogens with two attached hydrogens (primary N) is 1. The molecule has 5 nitrogen and oxygen atoms in total. The molecule has 1 aromatic carbocycles. The van der Waals surface area contributed by atoms with Gasteiger partial charge in [0.15, 0.2) is 0 Å². The maximum Gasteiger partial charge on any atom is 0.299 e. The van der Waals surface area contributed by atoms with E-state index in [0.717, 1.165) is 6.07 Å². The van der Waals surface area contributed by atoms with E-state index in [1.807, 2.05) is 0 Å². The Morgan fingerprint density at radius 1 is 1.53 bits per heavy atom. The zero-order valence-corrected chi connectivity index (χ0v) is 10.7. The molecule has 1 rings (SSSR count). The molecule has 0 heterocycles. The van der Waals surface area contributed by atoms with Crippen molar-refractivity contribution in [2.45, 2.75) is 6.92 Å². The topological polar surface area (TPSA) is 84.2 Å². The predicted molar refractivity (Wildman–Crippen MR) is 68.5 cm³/mol. The molecule has 0 bridgehead atoms. The molecule has 4 N–H and O–H groups in total. The van der Waals surface area contributed by atoms with Crippen LogP contribution in [0.3, 0.4) is 0 Å². The summed E-state index contributed by atoms with van der Waals surface area (Å²) >= 11 is 4.68. The number of hydrogen-bond donors (Lipinski definition) is 3. The van der Waals surface area contributed by atoms with Crippen LogP contribution in [0.2, 0.25) is 0 Å². The molecule has 0 saturated carbocycles. The summed E-state index contributed by atoms with van der Waals surface area (Å²) in [5.41, 5.74) is 5.50. The molecule has 0 saturated heterocycles. The van der Waals surface area contributed by atoms with Crippen LogP contribution in [0, 0.1) is 5.82 Å². The standard InChI is InChI=1S/C9H12FN3O2S2/c1-2-12-17(14,15)13-8-4-3-6(9(11)16)5-7(8)10/h3-5,12-13H,2H2,1H3,(H2,11,16). The SMILES string of the molecule is CCNS(=O)(=O)Nc1ccc(C(N)=S)cc1F. The number of anilines is 1. The van der Waals surface area contributed by atoms with Crippen LogP contribution in [0.4, 0.5) is 10.1 Å². The Labute approximate surface area is 104 Å². The number of thiocarbonyl (C=S) groups is 1. The molecule has 0 fully saturated rings. The average Bonchev–Trinajstić information content (AvgIpc) is 2.20. The van der Waals surface area contributed by atoms with E-state index < -0.39 is 16.0 Å². The Hall–Kier alpha value is -1.25. The summed E-state index contributed by atoms with van der Waals surface area (Å²) in [7, 11) is -3.74. The fraction of sp³-hybridized carbons (Fsp3) is 0.222. The van der Waals surface area contributed by atoms with Crippen LogP contribution in [-0.4, -0.2) is 20.0 Å². The first kappa shape index (κ1) is 13.8. The number of benzene rings is 1. The molecule has 0 aliphatic heterocycles. The molecule has 0 aliphatic carbocycles. The minimum absolute atomic E-state index is 0.0463. The first-order valence-electron chi connectivity index (χ1n) is 4.72. The molecule has 0 radical (unpaired) electrons. The highest BCUT2D eigenvalue weighted by Gasteiger charge is 2.12. The highest BCUT2D eigenvalue weighted by atomic mass is 32.2. The monoisotopic (exact) mass is 277 g/mol. The van der Waals surface area contributed by atoms with Gasteiger partial charge in [-0.3, -0.25) is 4.72 Å². The number of nitrogens with one attached hydrogen (secondary N) is 2. The van der Waals surface area contributed by atoms with Crippen molar-refractivity contribution in [1.82, 2.24) is 4.72 Å². The maximum absolute atomic E-state index is 13.5. The molecule has 0 aromatic heterocycles. The van der Waals surface area contributed by atoms with Gasteiger partial charge in [0.25, 0.3) is 10.2 Å². The summed E-state index contributed by atoms with van der Waals surface area (Å²) in [6.07, 6.45) is 0. The Bertz CT molecular complexity index is 531. The van der Waals surface area contributed by atoms with Crippen molar-refractivity contribution >= 4 is 33.1 Å². The van der Waals surface area contributed by atoms with Gasteiger partial charge in [-0.05, 0) is 18.2 Å². The summed E-state index contributed by atoms with van der Waals surface area (Å²) in [5, 5.41) is 0. The lowest BCUT2D eigenvalue weighted by atomic mass is 10.2. The van der Waals surface area contributed by atoms with Gasteiger partial charge < -0.3 is 5.73 Å². The van der Waals surface area contributed by atoms with Crippen molar-refractivity contribution in [2.75, 3.05) is 11.3 Å². The van der Waals surface area contributed by atoms with Gasteiger partial charge >= 0.3 is 0 Å². The van der Waals surface area contributed by atoms with Gasteiger partial charge in [0, 0.05) is 12.1 Å². The van der Waals surface area contributed by atoms with Crippen molar-refractivity contribution in [3.63, 3.8) is 0 Å². The van der Waals surface area contributed by atoms with Crippen LogP contribution < -0.4 is 15.2 Å². The van der Waals surface area contributed by atoms with E-state index in [-0.39, 0.29) is 17.2 Å². The van der Waals surface area contributed by atoms with E-state index in [1.165, 1.54) is 12.1 Å². The first-order valence-corrected chi connectivity index (χ1v) is 6.61. The second kappa shape index (κ2) is 5.39. The Balaban J connectivity index is 2.98. The highest BCUT2D eigenvalue weighted by molar-refractivity contribution is 7.90. The van der Waals surface area contributed by atoms with Gasteiger partial charge in [-0.2, -0.15) is 13.1 Å². The van der Waals surface area contributed by atoms with Crippen LogP contribution >= 0.6 is 12.2 Å². The Morgan fingerprint density at radius 2 is 2.18 bits per heavy atom. The normalized spacial score (nSPS) is 11.2. The zero-order chi connectivity index (χ0) is 13.1. The third-order valence-corrected chi connectivity index (χ3v) is 3.23. The number of rotatable bonds is 5. The van der Waals surface area contributed by atoms with Gasteiger partial charge in [0.05, 0.1) is 5.69 Å². The van der Waals surface area contributed by atoms with E-state index in [1.54, 1.807) is 6.92 Å². The zero-order valence-electron chi connectivity index (χ0n) is 9.03. The Morgan fingerprint density at radius 3 is 2.65 bits per heavy atom. The molecule has 0 spiro atoms. The third-order valence-electron chi connectivity index (χ3n) is 1.83. The minimum atomic E-state index is -3.74. The van der Waals surface area contributed by atoms with Crippen molar-refractivity contribution in [2.24, 2.45) is 5.73 Å². The summed E-state index contributed by atoms with van der Waals surface area (Å²) in [6, 6.07) is 3.78. The largest absolute Gasteiger partial charge is 0.389 e. The average molecular weight is 277 g/mol. The van der Waals surface area contributed by atoms with Gasteiger partial charge in [-0.1, -0.05) is 19.1 Å². The number of halogens is 1. The van der Waals surface area contributed by atoms with E-state index >= 15 is 0 Å². The van der Waals surface area contributed by atoms with E-state index in [0.29, 0.717) is 5.56 Å². The third kappa shape index (κ3) is 3.91. The molecular weight excluding hydrogens is 265 g/mol. The van der Waals surface area contributed by atoms with Crippen molar-refractivity contribution in [3.05, 3.63) is 29.6 Å². The minimum Gasteiger partial charge on any atom is -0.389 e. The predicted octanol–water partition coefficient (Wildman–Crippen LogP) is 0.726.